The molecule has 2 heterocycles. The van der Waals surface area contributed by atoms with Crippen molar-refractivity contribution in [2.24, 2.45) is 0 Å². The molecule has 21 heavy (non-hydrogen) atoms. The van der Waals surface area contributed by atoms with Gasteiger partial charge in [0.1, 0.15) is 23.0 Å². The van der Waals surface area contributed by atoms with Crippen molar-refractivity contribution in [3.05, 3.63) is 44.1 Å². The van der Waals surface area contributed by atoms with Crippen LogP contribution in [0.3, 0.4) is 0 Å². The number of nitrogens with zero attached hydrogens (tertiary/aromatic N) is 1. The van der Waals surface area contributed by atoms with Gasteiger partial charge in [0.15, 0.2) is 0 Å². The molecule has 1 aromatic carbocycles. The average molecular weight is 346 g/mol. The number of anilines is 1. The molecule has 0 bridgehead atoms. The number of aromatic amines is 2. The summed E-state index contributed by atoms with van der Waals surface area (Å²) in [5.74, 6) is 0.100. The van der Waals surface area contributed by atoms with E-state index in [-0.39, 0.29) is 28.1 Å². The first-order valence-corrected chi connectivity index (χ1v) is 6.59. The fourth-order valence-electron chi connectivity index (χ4n) is 2.18. The van der Waals surface area contributed by atoms with Crippen LogP contribution in [0.2, 0.25) is 0 Å². The fourth-order valence-corrected chi connectivity index (χ4v) is 2.54. The van der Waals surface area contributed by atoms with E-state index in [4.69, 9.17) is 15.6 Å². The molecule has 2 aromatic heterocycles. The van der Waals surface area contributed by atoms with Crippen molar-refractivity contribution < 1.29 is 4.42 Å². The summed E-state index contributed by atoms with van der Waals surface area (Å²) in [5.41, 5.74) is 5.75. The van der Waals surface area contributed by atoms with Crippen molar-refractivity contribution in [1.29, 1.82) is 10.7 Å². The third kappa shape index (κ3) is 1.95. The van der Waals surface area contributed by atoms with E-state index in [0.29, 0.717) is 11.0 Å². The van der Waals surface area contributed by atoms with E-state index < -0.39 is 5.56 Å². The van der Waals surface area contributed by atoms with Crippen LogP contribution in [0.1, 0.15) is 5.56 Å². The normalized spacial score (nSPS) is 10.7. The molecule has 7 nitrogen and oxygen atoms in total. The first-order valence-electron chi connectivity index (χ1n) is 5.80. The second-order valence-corrected chi connectivity index (χ2v) is 5.22. The molecule has 0 radical (unpaired) electrons. The van der Waals surface area contributed by atoms with Crippen molar-refractivity contribution in [2.75, 3.05) is 5.73 Å². The van der Waals surface area contributed by atoms with Crippen LogP contribution in [0.4, 0.5) is 5.82 Å². The minimum absolute atomic E-state index is 0.0441. The predicted molar refractivity (Wildman–Crippen MR) is 79.3 cm³/mol. The molecule has 0 unspecified atom stereocenters. The molecule has 0 amide bonds. The van der Waals surface area contributed by atoms with Gasteiger partial charge in [0, 0.05) is 15.4 Å². The number of nitrogens with one attached hydrogen (secondary N) is 3. The summed E-state index contributed by atoms with van der Waals surface area (Å²) >= 11 is 3.34. The monoisotopic (exact) mass is 345 g/mol. The molecular formula is C13H8BrN5O2. The number of halogens is 1. The summed E-state index contributed by atoms with van der Waals surface area (Å²) in [6.45, 7) is 0. The lowest BCUT2D eigenvalue weighted by Gasteiger charge is -2.07. The highest BCUT2D eigenvalue weighted by Crippen LogP contribution is 2.32. The molecule has 5 N–H and O–H groups in total. The summed E-state index contributed by atoms with van der Waals surface area (Å²) in [7, 11) is 0. The van der Waals surface area contributed by atoms with Crippen molar-refractivity contribution in [3.63, 3.8) is 0 Å². The number of aromatic nitrogens is 2. The maximum absolute atomic E-state index is 12.0. The van der Waals surface area contributed by atoms with Gasteiger partial charge in [-0.1, -0.05) is 15.9 Å². The summed E-state index contributed by atoms with van der Waals surface area (Å²) in [5, 5.41) is 22.5. The summed E-state index contributed by atoms with van der Waals surface area (Å²) < 4.78 is 6.07. The van der Waals surface area contributed by atoms with Gasteiger partial charge in [-0.25, -0.2) is 0 Å². The molecule has 0 saturated heterocycles. The molecule has 0 aliphatic heterocycles. The Labute approximate surface area is 125 Å². The first-order chi connectivity index (χ1) is 10.0. The summed E-state index contributed by atoms with van der Waals surface area (Å²) in [4.78, 5) is 12.0. The number of hydrogen-bond acceptors (Lipinski definition) is 5. The molecule has 0 atom stereocenters. The Kier molecular flexibility index (Phi) is 2.92. The quantitative estimate of drug-likeness (QED) is 0.534. The Morgan fingerprint density at radius 2 is 2.10 bits per heavy atom. The largest absolute Gasteiger partial charge is 0.438 e. The van der Waals surface area contributed by atoms with Gasteiger partial charge in [0.2, 0.25) is 5.55 Å². The molecule has 8 heteroatoms. The van der Waals surface area contributed by atoms with Crippen LogP contribution in [0.15, 0.2) is 31.9 Å². The highest BCUT2D eigenvalue weighted by atomic mass is 79.9. The minimum Gasteiger partial charge on any atom is -0.438 e. The zero-order chi connectivity index (χ0) is 15.1. The van der Waals surface area contributed by atoms with Crippen molar-refractivity contribution in [1.82, 2.24) is 10.2 Å². The van der Waals surface area contributed by atoms with Gasteiger partial charge in [-0.05, 0) is 18.2 Å². The number of nitrogen functional groups attached to an aromatic ring is 1. The third-order valence-electron chi connectivity index (χ3n) is 3.07. The maximum Gasteiger partial charge on any atom is 0.274 e. The fraction of sp³-hybridized carbons (Fsp3) is 0. The Hall–Kier alpha value is -2.79. The number of rotatable bonds is 1. The zero-order valence-electron chi connectivity index (χ0n) is 10.5. The van der Waals surface area contributed by atoms with Gasteiger partial charge >= 0.3 is 0 Å². The number of hydrogen-bond donors (Lipinski definition) is 4. The molecule has 104 valence electrons. The Morgan fingerprint density at radius 1 is 1.33 bits per heavy atom. The highest BCUT2D eigenvalue weighted by molar-refractivity contribution is 9.10. The van der Waals surface area contributed by atoms with Crippen LogP contribution in [-0.4, -0.2) is 10.2 Å². The Morgan fingerprint density at radius 3 is 2.71 bits per heavy atom. The van der Waals surface area contributed by atoms with Crippen molar-refractivity contribution in [3.8, 4) is 17.2 Å². The molecule has 0 aliphatic rings. The Balaban J connectivity index is 2.62. The SMILES string of the molecule is N#Cc1c(-c2c(N)[nH][nH]c2=O)c2cc(Br)ccc2oc1=N. The molecule has 3 aromatic rings. The van der Waals surface area contributed by atoms with Crippen LogP contribution in [-0.2, 0) is 0 Å². The molecule has 0 saturated carbocycles. The van der Waals surface area contributed by atoms with Gasteiger partial charge in [-0.3, -0.25) is 20.4 Å². The number of nitriles is 1. The van der Waals surface area contributed by atoms with Gasteiger partial charge < -0.3 is 10.2 Å². The molecule has 0 fully saturated rings. The maximum atomic E-state index is 12.0. The second kappa shape index (κ2) is 4.64. The van der Waals surface area contributed by atoms with Crippen LogP contribution < -0.4 is 16.8 Å². The predicted octanol–water partition coefficient (Wildman–Crippen LogP) is 1.81. The van der Waals surface area contributed by atoms with Crippen LogP contribution >= 0.6 is 15.9 Å². The zero-order valence-corrected chi connectivity index (χ0v) is 12.0. The second-order valence-electron chi connectivity index (χ2n) is 4.30. The lowest BCUT2D eigenvalue weighted by Crippen LogP contribution is -2.11. The van der Waals surface area contributed by atoms with E-state index in [9.17, 15) is 10.1 Å². The molecule has 0 aliphatic carbocycles. The number of benzene rings is 1. The van der Waals surface area contributed by atoms with Crippen molar-refractivity contribution in [2.45, 2.75) is 0 Å². The lowest BCUT2D eigenvalue weighted by molar-refractivity contribution is 0.531. The number of nitrogens with two attached hydrogens (primary N) is 1. The Bertz CT molecular complexity index is 1020. The topological polar surface area (TPSA) is 135 Å². The highest BCUT2D eigenvalue weighted by Gasteiger charge is 2.20. The summed E-state index contributed by atoms with van der Waals surface area (Å²) in [6, 6.07) is 7.00. The van der Waals surface area contributed by atoms with E-state index in [0.717, 1.165) is 4.47 Å². The molecular weight excluding hydrogens is 338 g/mol. The van der Waals surface area contributed by atoms with Crippen LogP contribution in [0, 0.1) is 16.7 Å². The van der Waals surface area contributed by atoms with E-state index in [1.165, 1.54) is 0 Å². The number of H-pyrrole nitrogens is 2. The molecule has 3 rings (SSSR count). The number of fused-ring (bicyclic) bond motifs is 1. The van der Waals surface area contributed by atoms with Gasteiger partial charge in [-0.15, -0.1) is 0 Å². The van der Waals surface area contributed by atoms with E-state index in [2.05, 4.69) is 26.1 Å². The average Bonchev–Trinajstić information content (AvgIpc) is 2.77. The smallest absolute Gasteiger partial charge is 0.274 e. The van der Waals surface area contributed by atoms with Crippen molar-refractivity contribution >= 4 is 32.7 Å². The van der Waals surface area contributed by atoms with E-state index >= 15 is 0 Å². The lowest BCUT2D eigenvalue weighted by atomic mass is 9.99. The minimum atomic E-state index is -0.462. The first kappa shape index (κ1) is 13.2. The summed E-state index contributed by atoms with van der Waals surface area (Å²) in [6.07, 6.45) is 0. The van der Waals surface area contributed by atoms with Gasteiger partial charge in [-0.2, -0.15) is 5.26 Å². The molecule has 0 spiro atoms. The van der Waals surface area contributed by atoms with Crippen LogP contribution in [0.5, 0.6) is 0 Å². The van der Waals surface area contributed by atoms with E-state index in [1.807, 2.05) is 6.07 Å². The van der Waals surface area contributed by atoms with E-state index in [1.54, 1.807) is 18.2 Å². The third-order valence-corrected chi connectivity index (χ3v) is 3.56. The van der Waals surface area contributed by atoms with Gasteiger partial charge in [0.25, 0.3) is 5.56 Å². The standard InChI is InChI=1S/C13H8BrN5O2/c14-5-1-2-8-6(3-5)9(7(4-15)12(17)21-8)10-11(16)18-19-13(10)20/h1-3,17H,(H4,16,18,19,20). The van der Waals surface area contributed by atoms with Crippen LogP contribution in [0.25, 0.3) is 22.1 Å². The van der Waals surface area contributed by atoms with Gasteiger partial charge in [0.05, 0.1) is 5.56 Å².